The number of hydrogen-bond acceptors (Lipinski definition) is 8. The number of carbonyl (C=O) groups excluding carboxylic acids is 1. The molecule has 3 heterocycles. The lowest BCUT2D eigenvalue weighted by molar-refractivity contribution is 0.0983. The van der Waals surface area contributed by atoms with E-state index in [1.54, 1.807) is 24.3 Å². The highest BCUT2D eigenvalue weighted by Gasteiger charge is 2.27. The second-order valence-electron chi connectivity index (χ2n) is 8.83. The van der Waals surface area contributed by atoms with Crippen molar-refractivity contribution < 1.29 is 13.2 Å². The summed E-state index contributed by atoms with van der Waals surface area (Å²) in [6.07, 6.45) is 8.66. The zero-order valence-electron chi connectivity index (χ0n) is 19.4. The first-order valence-corrected chi connectivity index (χ1v) is 13.6. The van der Waals surface area contributed by atoms with Gasteiger partial charge in [0.25, 0.3) is 5.91 Å². The van der Waals surface area contributed by atoms with Crippen molar-refractivity contribution in [1.82, 2.24) is 19.9 Å². The van der Waals surface area contributed by atoms with Gasteiger partial charge in [0.05, 0.1) is 28.3 Å². The van der Waals surface area contributed by atoms with E-state index < -0.39 is 15.7 Å². The number of nitrogen functional groups attached to an aromatic ring is 1. The lowest BCUT2D eigenvalue weighted by Gasteiger charge is -2.25. The molecule has 0 unspecified atom stereocenters. The molecule has 2 N–H and O–H groups in total. The third kappa shape index (κ3) is 4.74. The van der Waals surface area contributed by atoms with Crippen molar-refractivity contribution in [1.29, 1.82) is 0 Å². The zero-order chi connectivity index (χ0) is 25.4. The lowest BCUT2D eigenvalue weighted by Crippen LogP contribution is -2.32. The number of hydrogen-bond donors (Lipinski definition) is 1. The zero-order valence-corrected chi connectivity index (χ0v) is 21.0. The number of benzene rings is 1. The Morgan fingerprint density at radius 1 is 1.14 bits per heavy atom. The normalized spacial score (nSPS) is 13.9. The number of nitrogens with zero attached hydrogens (tertiary/aromatic N) is 5. The van der Waals surface area contributed by atoms with Crippen LogP contribution in [0.2, 0.25) is 5.02 Å². The first-order chi connectivity index (χ1) is 17.2. The second kappa shape index (κ2) is 9.44. The maximum atomic E-state index is 13.7. The molecule has 5 rings (SSSR count). The highest BCUT2D eigenvalue weighted by molar-refractivity contribution is 7.90. The van der Waals surface area contributed by atoms with E-state index in [9.17, 15) is 13.2 Å². The van der Waals surface area contributed by atoms with Gasteiger partial charge in [0.15, 0.2) is 14.9 Å². The monoisotopic (exact) mass is 522 g/mol. The molecule has 3 aromatic heterocycles. The van der Waals surface area contributed by atoms with E-state index >= 15 is 0 Å². The molecule has 184 valence electrons. The van der Waals surface area contributed by atoms with Gasteiger partial charge in [-0.25, -0.2) is 28.4 Å². The van der Waals surface area contributed by atoms with Gasteiger partial charge in [-0.2, -0.15) is 0 Å². The summed E-state index contributed by atoms with van der Waals surface area (Å²) >= 11 is 6.09. The number of pyridine rings is 2. The van der Waals surface area contributed by atoms with Crippen LogP contribution in [0, 0.1) is 0 Å². The van der Waals surface area contributed by atoms with Gasteiger partial charge in [0, 0.05) is 36.2 Å². The molecule has 11 heteroatoms. The average molecular weight is 523 g/mol. The maximum absolute atomic E-state index is 13.7. The number of rotatable bonds is 6. The van der Waals surface area contributed by atoms with Gasteiger partial charge in [-0.1, -0.05) is 30.2 Å². The SMILES string of the molecule is CS(=O)(=O)c1ncccc1N(Cc1ccc2cc(Cl)c(N)nc2c1)C(=O)c1cnc(C2CCC2)nc1. The van der Waals surface area contributed by atoms with E-state index in [4.69, 9.17) is 17.3 Å². The van der Waals surface area contributed by atoms with Crippen LogP contribution in [0.15, 0.2) is 60.0 Å². The Bertz CT molecular complexity index is 1570. The molecular formula is C25H23ClN6O3S. The number of sulfone groups is 1. The molecule has 1 amide bonds. The molecule has 4 aromatic rings. The molecule has 1 fully saturated rings. The van der Waals surface area contributed by atoms with Crippen molar-refractivity contribution >= 4 is 49.8 Å². The number of anilines is 2. The third-order valence-electron chi connectivity index (χ3n) is 6.23. The second-order valence-corrected chi connectivity index (χ2v) is 11.2. The minimum Gasteiger partial charge on any atom is -0.382 e. The Labute approximate surface area is 213 Å². The fourth-order valence-electron chi connectivity index (χ4n) is 4.10. The Morgan fingerprint density at radius 2 is 1.89 bits per heavy atom. The van der Waals surface area contributed by atoms with Gasteiger partial charge in [-0.15, -0.1) is 0 Å². The van der Waals surface area contributed by atoms with Crippen LogP contribution in [0.1, 0.15) is 46.9 Å². The molecule has 0 aliphatic heterocycles. The summed E-state index contributed by atoms with van der Waals surface area (Å²) in [7, 11) is -3.73. The van der Waals surface area contributed by atoms with Crippen LogP contribution in [0.3, 0.4) is 0 Å². The molecule has 1 aliphatic carbocycles. The molecule has 0 bridgehead atoms. The number of nitrogens with two attached hydrogens (primary N) is 1. The number of aromatic nitrogens is 4. The molecule has 0 radical (unpaired) electrons. The predicted octanol–water partition coefficient (Wildman–Crippen LogP) is 4.17. The summed E-state index contributed by atoms with van der Waals surface area (Å²) in [4.78, 5) is 32.3. The Hall–Kier alpha value is -3.63. The molecule has 0 atom stereocenters. The van der Waals surface area contributed by atoms with E-state index in [-0.39, 0.29) is 28.6 Å². The molecular weight excluding hydrogens is 500 g/mol. The van der Waals surface area contributed by atoms with Crippen LogP contribution < -0.4 is 10.6 Å². The van der Waals surface area contributed by atoms with Crippen LogP contribution >= 0.6 is 11.6 Å². The summed E-state index contributed by atoms with van der Waals surface area (Å²) in [6, 6.07) is 10.3. The number of fused-ring (bicyclic) bond motifs is 1. The van der Waals surface area contributed by atoms with Crippen molar-refractivity contribution in [2.24, 2.45) is 0 Å². The highest BCUT2D eigenvalue weighted by Crippen LogP contribution is 2.34. The van der Waals surface area contributed by atoms with Gasteiger partial charge in [0.2, 0.25) is 0 Å². The van der Waals surface area contributed by atoms with Gasteiger partial charge >= 0.3 is 0 Å². The van der Waals surface area contributed by atoms with E-state index in [2.05, 4.69) is 19.9 Å². The van der Waals surface area contributed by atoms with Crippen molar-refractivity contribution in [3.63, 3.8) is 0 Å². The summed E-state index contributed by atoms with van der Waals surface area (Å²) < 4.78 is 25.0. The topological polar surface area (TPSA) is 132 Å². The number of amides is 1. The van der Waals surface area contributed by atoms with Gasteiger partial charge in [-0.3, -0.25) is 4.79 Å². The van der Waals surface area contributed by atoms with E-state index in [1.807, 2.05) is 12.1 Å². The van der Waals surface area contributed by atoms with Crippen molar-refractivity contribution in [2.45, 2.75) is 36.8 Å². The van der Waals surface area contributed by atoms with Crippen LogP contribution in [0.25, 0.3) is 10.9 Å². The minimum absolute atomic E-state index is 0.0531. The Kier molecular flexibility index (Phi) is 6.31. The smallest absolute Gasteiger partial charge is 0.261 e. The van der Waals surface area contributed by atoms with Crippen molar-refractivity contribution in [3.05, 3.63) is 77.0 Å². The number of carbonyl (C=O) groups is 1. The van der Waals surface area contributed by atoms with Crippen LogP contribution in [-0.2, 0) is 16.4 Å². The predicted molar refractivity (Wildman–Crippen MR) is 138 cm³/mol. The van der Waals surface area contributed by atoms with Crippen LogP contribution in [0.5, 0.6) is 0 Å². The highest BCUT2D eigenvalue weighted by atomic mass is 35.5. The Balaban J connectivity index is 1.56. The fourth-order valence-corrected chi connectivity index (χ4v) is 5.07. The molecule has 1 aliphatic rings. The first-order valence-electron chi connectivity index (χ1n) is 11.3. The largest absolute Gasteiger partial charge is 0.382 e. The summed E-state index contributed by atoms with van der Waals surface area (Å²) in [6.45, 7) is 0.0531. The summed E-state index contributed by atoms with van der Waals surface area (Å²) in [5.74, 6) is 0.798. The summed E-state index contributed by atoms with van der Waals surface area (Å²) in [5.41, 5.74) is 7.59. The van der Waals surface area contributed by atoms with Gasteiger partial charge < -0.3 is 10.6 Å². The summed E-state index contributed by atoms with van der Waals surface area (Å²) in [5, 5.41) is 0.944. The molecule has 0 saturated heterocycles. The van der Waals surface area contributed by atoms with Crippen molar-refractivity contribution in [2.75, 3.05) is 16.9 Å². The third-order valence-corrected chi connectivity index (χ3v) is 7.55. The standard InChI is InChI=1S/C25H23ClN6O3S/c1-36(34,35)24-21(6-3-9-28-24)32(25(33)18-12-29-23(30-13-18)16-4-2-5-16)14-15-7-8-17-11-19(26)22(27)31-20(17)10-15/h3,6-13,16H,2,4-5,14H2,1H3,(H2,27,31). The molecule has 1 aromatic carbocycles. The average Bonchev–Trinajstić information content (AvgIpc) is 2.82. The van der Waals surface area contributed by atoms with Crippen molar-refractivity contribution in [3.8, 4) is 0 Å². The molecule has 1 saturated carbocycles. The van der Waals surface area contributed by atoms with E-state index in [0.717, 1.165) is 36.7 Å². The quantitative estimate of drug-likeness (QED) is 0.399. The molecule has 9 nitrogen and oxygen atoms in total. The Morgan fingerprint density at radius 3 is 2.56 bits per heavy atom. The fraction of sp³-hybridized carbons (Fsp3) is 0.240. The van der Waals surface area contributed by atoms with E-state index in [1.165, 1.54) is 23.5 Å². The van der Waals surface area contributed by atoms with Crippen LogP contribution in [0.4, 0.5) is 11.5 Å². The van der Waals surface area contributed by atoms with Gasteiger partial charge in [-0.05, 0) is 42.7 Å². The van der Waals surface area contributed by atoms with E-state index in [0.29, 0.717) is 22.0 Å². The van der Waals surface area contributed by atoms with Crippen LogP contribution in [-0.4, -0.2) is 40.5 Å². The molecule has 0 spiro atoms. The maximum Gasteiger partial charge on any atom is 0.261 e. The first kappa shape index (κ1) is 24.1. The van der Waals surface area contributed by atoms with Gasteiger partial charge in [0.1, 0.15) is 11.6 Å². The molecule has 36 heavy (non-hydrogen) atoms. The number of halogens is 1. The minimum atomic E-state index is -3.73. The lowest BCUT2D eigenvalue weighted by atomic mass is 9.85.